The minimum Gasteiger partial charge on any atom is -0.383 e. The van der Waals surface area contributed by atoms with E-state index in [4.69, 9.17) is 16.3 Å². The lowest BCUT2D eigenvalue weighted by atomic mass is 10.2. The molecule has 19 heavy (non-hydrogen) atoms. The number of nitrogens with one attached hydrogen (secondary N) is 1. The van der Waals surface area contributed by atoms with Crippen LogP contribution in [0.3, 0.4) is 0 Å². The van der Waals surface area contributed by atoms with E-state index in [2.05, 4.69) is 29.0 Å². The van der Waals surface area contributed by atoms with Gasteiger partial charge in [0.15, 0.2) is 0 Å². The van der Waals surface area contributed by atoms with E-state index >= 15 is 0 Å². The summed E-state index contributed by atoms with van der Waals surface area (Å²) in [5.74, 6) is 1.54. The van der Waals surface area contributed by atoms with Gasteiger partial charge < -0.3 is 15.0 Å². The molecule has 0 aliphatic carbocycles. The summed E-state index contributed by atoms with van der Waals surface area (Å²) in [6.45, 7) is 7.50. The first-order valence-corrected chi connectivity index (χ1v) is 6.98. The zero-order valence-corrected chi connectivity index (χ0v) is 13.0. The van der Waals surface area contributed by atoms with Crippen molar-refractivity contribution in [3.63, 3.8) is 0 Å². The molecule has 0 fully saturated rings. The highest BCUT2D eigenvalue weighted by molar-refractivity contribution is 6.31. The number of pyridine rings is 1. The van der Waals surface area contributed by atoms with Crippen LogP contribution in [0, 0.1) is 5.92 Å². The zero-order valence-electron chi connectivity index (χ0n) is 12.2. The molecular weight excluding hydrogens is 262 g/mol. The molecule has 0 saturated carbocycles. The van der Waals surface area contributed by atoms with E-state index in [0.717, 1.165) is 24.6 Å². The Bertz CT molecular complexity index is 385. The van der Waals surface area contributed by atoms with Gasteiger partial charge in [0.2, 0.25) is 0 Å². The molecule has 0 atom stereocenters. The normalized spacial score (nSPS) is 11.1. The topological polar surface area (TPSA) is 37.4 Å². The highest BCUT2D eigenvalue weighted by atomic mass is 35.5. The second-order valence-corrected chi connectivity index (χ2v) is 5.44. The van der Waals surface area contributed by atoms with Crippen LogP contribution in [0.15, 0.2) is 12.1 Å². The first-order chi connectivity index (χ1) is 9.04. The molecule has 1 aromatic heterocycles. The van der Waals surface area contributed by atoms with Crippen LogP contribution in [0.25, 0.3) is 0 Å². The van der Waals surface area contributed by atoms with Crippen LogP contribution in [-0.4, -0.2) is 38.8 Å². The average molecular weight is 286 g/mol. The van der Waals surface area contributed by atoms with E-state index in [0.29, 0.717) is 24.1 Å². The van der Waals surface area contributed by atoms with E-state index in [1.54, 1.807) is 7.11 Å². The largest absolute Gasteiger partial charge is 0.383 e. The second kappa shape index (κ2) is 8.35. The number of ether oxygens (including phenoxy) is 1. The van der Waals surface area contributed by atoms with Crippen LogP contribution in [0.2, 0.25) is 5.02 Å². The number of nitrogens with zero attached hydrogens (tertiary/aromatic N) is 2. The van der Waals surface area contributed by atoms with Gasteiger partial charge in [0.05, 0.1) is 17.3 Å². The monoisotopic (exact) mass is 285 g/mol. The first-order valence-electron chi connectivity index (χ1n) is 6.60. The van der Waals surface area contributed by atoms with Gasteiger partial charge in [-0.1, -0.05) is 25.4 Å². The van der Waals surface area contributed by atoms with Crippen molar-refractivity contribution in [3.8, 4) is 0 Å². The maximum Gasteiger partial charge on any atom is 0.128 e. The number of likely N-dealkylation sites (N-methyl/N-ethyl adjacent to an activating group) is 1. The van der Waals surface area contributed by atoms with E-state index in [9.17, 15) is 0 Å². The summed E-state index contributed by atoms with van der Waals surface area (Å²) in [7, 11) is 3.70. The van der Waals surface area contributed by atoms with Crippen LogP contribution in [0.1, 0.15) is 19.5 Å². The van der Waals surface area contributed by atoms with Gasteiger partial charge in [-0.25, -0.2) is 4.98 Å². The molecule has 1 rings (SSSR count). The number of methoxy groups -OCH3 is 1. The van der Waals surface area contributed by atoms with Crippen molar-refractivity contribution >= 4 is 17.4 Å². The Kier molecular flexibility index (Phi) is 7.13. The Morgan fingerprint density at radius 2 is 2.16 bits per heavy atom. The summed E-state index contributed by atoms with van der Waals surface area (Å²) >= 11 is 6.17. The molecule has 5 heteroatoms. The fourth-order valence-corrected chi connectivity index (χ4v) is 1.80. The van der Waals surface area contributed by atoms with Crippen molar-refractivity contribution in [1.82, 2.24) is 10.3 Å². The molecule has 0 saturated heterocycles. The molecule has 0 aromatic carbocycles. The van der Waals surface area contributed by atoms with Crippen molar-refractivity contribution in [1.29, 1.82) is 0 Å². The number of halogens is 1. The molecule has 0 aliphatic rings. The third-order valence-electron chi connectivity index (χ3n) is 2.77. The molecule has 1 N–H and O–H groups in total. The van der Waals surface area contributed by atoms with Crippen molar-refractivity contribution in [2.24, 2.45) is 5.92 Å². The number of rotatable bonds is 8. The van der Waals surface area contributed by atoms with Crippen LogP contribution in [0.5, 0.6) is 0 Å². The molecule has 0 spiro atoms. The number of hydrogen-bond acceptors (Lipinski definition) is 4. The van der Waals surface area contributed by atoms with Crippen molar-refractivity contribution in [2.45, 2.75) is 20.4 Å². The maximum atomic E-state index is 6.17. The van der Waals surface area contributed by atoms with E-state index < -0.39 is 0 Å². The van der Waals surface area contributed by atoms with Gasteiger partial charge in [-0.05, 0) is 24.6 Å². The third kappa shape index (κ3) is 5.76. The van der Waals surface area contributed by atoms with Crippen LogP contribution in [-0.2, 0) is 11.3 Å². The zero-order chi connectivity index (χ0) is 14.3. The van der Waals surface area contributed by atoms with Crippen LogP contribution >= 0.6 is 11.6 Å². The van der Waals surface area contributed by atoms with Gasteiger partial charge in [-0.15, -0.1) is 0 Å². The lowest BCUT2D eigenvalue weighted by Gasteiger charge is -2.19. The quantitative estimate of drug-likeness (QED) is 0.797. The van der Waals surface area contributed by atoms with Crippen LogP contribution < -0.4 is 10.2 Å². The minimum atomic E-state index is 0.617. The predicted octanol–water partition coefficient (Wildman–Crippen LogP) is 2.56. The fourth-order valence-electron chi connectivity index (χ4n) is 1.63. The third-order valence-corrected chi connectivity index (χ3v) is 3.12. The molecule has 4 nitrogen and oxygen atoms in total. The van der Waals surface area contributed by atoms with E-state index in [1.165, 1.54) is 0 Å². The second-order valence-electron chi connectivity index (χ2n) is 5.04. The van der Waals surface area contributed by atoms with Crippen molar-refractivity contribution in [3.05, 3.63) is 22.8 Å². The standard InChI is InChI=1S/C14H24ClN3O/c1-11(2)9-16-10-13-12(15)5-6-14(17-13)18(3)7-8-19-4/h5-6,11,16H,7-10H2,1-4H3. The molecular formula is C14H24ClN3O. The summed E-state index contributed by atoms with van der Waals surface area (Å²) in [6.07, 6.45) is 0. The average Bonchev–Trinajstić information content (AvgIpc) is 2.37. The summed E-state index contributed by atoms with van der Waals surface area (Å²) in [5, 5.41) is 4.07. The smallest absolute Gasteiger partial charge is 0.128 e. The number of anilines is 1. The van der Waals surface area contributed by atoms with E-state index in [-0.39, 0.29) is 0 Å². The Balaban J connectivity index is 2.65. The fraction of sp³-hybridized carbons (Fsp3) is 0.643. The highest BCUT2D eigenvalue weighted by Crippen LogP contribution is 2.18. The molecule has 1 heterocycles. The predicted molar refractivity (Wildman–Crippen MR) is 80.9 cm³/mol. The van der Waals surface area contributed by atoms with Crippen molar-refractivity contribution < 1.29 is 4.74 Å². The van der Waals surface area contributed by atoms with E-state index in [1.807, 2.05) is 19.2 Å². The van der Waals surface area contributed by atoms with Crippen molar-refractivity contribution in [2.75, 3.05) is 38.8 Å². The van der Waals surface area contributed by atoms with Gasteiger partial charge in [-0.3, -0.25) is 0 Å². The summed E-state index contributed by atoms with van der Waals surface area (Å²) < 4.78 is 5.07. The van der Waals surface area contributed by atoms with Gasteiger partial charge in [0.1, 0.15) is 5.82 Å². The SMILES string of the molecule is COCCN(C)c1ccc(Cl)c(CNCC(C)C)n1. The molecule has 0 bridgehead atoms. The number of aromatic nitrogens is 1. The molecule has 0 unspecified atom stereocenters. The number of hydrogen-bond donors (Lipinski definition) is 1. The summed E-state index contributed by atoms with van der Waals surface area (Å²) in [5.41, 5.74) is 0.893. The lowest BCUT2D eigenvalue weighted by molar-refractivity contribution is 0.206. The van der Waals surface area contributed by atoms with Crippen LogP contribution in [0.4, 0.5) is 5.82 Å². The molecule has 108 valence electrons. The summed E-state index contributed by atoms with van der Waals surface area (Å²) in [4.78, 5) is 6.66. The lowest BCUT2D eigenvalue weighted by Crippen LogP contribution is -2.24. The molecule has 0 amide bonds. The molecule has 1 aromatic rings. The maximum absolute atomic E-state index is 6.17. The molecule has 0 radical (unpaired) electrons. The molecule has 0 aliphatic heterocycles. The summed E-state index contributed by atoms with van der Waals surface area (Å²) in [6, 6.07) is 3.84. The Morgan fingerprint density at radius 1 is 1.42 bits per heavy atom. The Hall–Kier alpha value is -0.840. The Labute approximate surface area is 121 Å². The van der Waals surface area contributed by atoms with Gasteiger partial charge in [0.25, 0.3) is 0 Å². The van der Waals surface area contributed by atoms with Gasteiger partial charge in [0, 0.05) is 27.2 Å². The first kappa shape index (κ1) is 16.2. The Morgan fingerprint density at radius 3 is 2.79 bits per heavy atom. The minimum absolute atomic E-state index is 0.617. The highest BCUT2D eigenvalue weighted by Gasteiger charge is 2.07. The van der Waals surface area contributed by atoms with Gasteiger partial charge >= 0.3 is 0 Å². The van der Waals surface area contributed by atoms with Gasteiger partial charge in [-0.2, -0.15) is 0 Å².